The van der Waals surface area contributed by atoms with Gasteiger partial charge in [-0.2, -0.15) is 13.2 Å². The summed E-state index contributed by atoms with van der Waals surface area (Å²) in [7, 11) is 0. The summed E-state index contributed by atoms with van der Waals surface area (Å²) in [5.74, 6) is -0.868. The van der Waals surface area contributed by atoms with Crippen molar-refractivity contribution < 1.29 is 22.8 Å². The molecule has 0 heterocycles. The second kappa shape index (κ2) is 5.87. The first kappa shape index (κ1) is 15.5. The van der Waals surface area contributed by atoms with Gasteiger partial charge in [0.1, 0.15) is 6.29 Å². The van der Waals surface area contributed by atoms with E-state index in [2.05, 4.69) is 0 Å². The first-order valence-corrected chi connectivity index (χ1v) is 6.79. The van der Waals surface area contributed by atoms with Gasteiger partial charge in [-0.15, -0.1) is 0 Å². The van der Waals surface area contributed by atoms with Gasteiger partial charge in [-0.3, -0.25) is 4.79 Å². The third-order valence-corrected chi connectivity index (χ3v) is 4.05. The predicted molar refractivity (Wildman–Crippen MR) is 70.7 cm³/mol. The minimum Gasteiger partial charge on any atom is -0.366 e. The number of alkyl halides is 3. The molecule has 0 aliphatic heterocycles. The van der Waals surface area contributed by atoms with E-state index < -0.39 is 17.6 Å². The van der Waals surface area contributed by atoms with Crippen LogP contribution in [0.4, 0.5) is 13.2 Å². The molecule has 0 atom stereocenters. The Kier molecular flexibility index (Phi) is 4.34. The quantitative estimate of drug-likeness (QED) is 0.871. The third kappa shape index (κ3) is 3.43. The molecule has 114 valence electrons. The first-order valence-electron chi connectivity index (χ1n) is 6.79. The van der Waals surface area contributed by atoms with Gasteiger partial charge >= 0.3 is 6.18 Å². The highest BCUT2D eigenvalue weighted by Crippen LogP contribution is 2.38. The maximum absolute atomic E-state index is 12.7. The molecule has 6 heteroatoms. The molecule has 2 N–H and O–H groups in total. The summed E-state index contributed by atoms with van der Waals surface area (Å²) in [4.78, 5) is 22.2. The predicted octanol–water partition coefficient (Wildman–Crippen LogP) is 3.28. The summed E-state index contributed by atoms with van der Waals surface area (Å²) in [6.07, 6.45) is -0.860. The van der Waals surface area contributed by atoms with Gasteiger partial charge in [0, 0.05) is 11.5 Å². The van der Waals surface area contributed by atoms with Crippen molar-refractivity contribution in [3.8, 4) is 0 Å². The fraction of sp³-hybridized carbons (Fsp3) is 0.467. The van der Waals surface area contributed by atoms with E-state index >= 15 is 0 Å². The average Bonchev–Trinajstić information content (AvgIpc) is 2.45. The molecule has 0 spiro atoms. The molecule has 3 nitrogen and oxygen atoms in total. The molecule has 0 aromatic heterocycles. The van der Waals surface area contributed by atoms with Crippen LogP contribution in [-0.2, 0) is 11.0 Å². The average molecular weight is 299 g/mol. The van der Waals surface area contributed by atoms with E-state index in [4.69, 9.17) is 5.73 Å². The lowest BCUT2D eigenvalue weighted by Crippen LogP contribution is -2.20. The number of benzene rings is 1. The molecule has 0 unspecified atom stereocenters. The highest BCUT2D eigenvalue weighted by Gasteiger charge is 2.33. The van der Waals surface area contributed by atoms with Crippen LogP contribution in [0.5, 0.6) is 0 Å². The Balaban J connectivity index is 2.31. The van der Waals surface area contributed by atoms with E-state index in [1.807, 2.05) is 0 Å². The van der Waals surface area contributed by atoms with Crippen LogP contribution in [0.25, 0.3) is 0 Å². The Hall–Kier alpha value is -1.85. The lowest BCUT2D eigenvalue weighted by molar-refractivity contribution is -0.137. The van der Waals surface area contributed by atoms with Gasteiger partial charge in [-0.25, -0.2) is 0 Å². The Morgan fingerprint density at radius 2 is 1.81 bits per heavy atom. The first-order chi connectivity index (χ1) is 9.82. The largest absolute Gasteiger partial charge is 0.416 e. The molecule has 1 aromatic rings. The normalized spacial score (nSPS) is 22.8. The van der Waals surface area contributed by atoms with E-state index in [0.717, 1.165) is 18.4 Å². The zero-order chi connectivity index (χ0) is 15.6. The highest BCUT2D eigenvalue weighted by atomic mass is 19.4. The van der Waals surface area contributed by atoms with Gasteiger partial charge in [0.05, 0.1) is 5.56 Å². The molecular weight excluding hydrogens is 283 g/mol. The lowest BCUT2D eigenvalue weighted by atomic mass is 9.77. The fourth-order valence-corrected chi connectivity index (χ4v) is 2.87. The van der Waals surface area contributed by atoms with Crippen LogP contribution in [0.1, 0.15) is 53.1 Å². The van der Waals surface area contributed by atoms with Gasteiger partial charge in [-0.1, -0.05) is 6.07 Å². The maximum atomic E-state index is 12.7. The number of aldehydes is 1. The van der Waals surface area contributed by atoms with E-state index in [0.29, 0.717) is 31.2 Å². The minimum absolute atomic E-state index is 0.00715. The number of rotatable bonds is 3. The van der Waals surface area contributed by atoms with E-state index in [9.17, 15) is 22.8 Å². The van der Waals surface area contributed by atoms with Crippen LogP contribution in [0, 0.1) is 5.92 Å². The standard InChI is InChI=1S/C15H16F3NO2/c16-15(17,18)11-5-6-12(13(7-11)14(19)21)10-3-1-9(8-20)2-4-10/h5-10H,1-4H2,(H2,19,21)/t9-,10+. The molecule has 0 saturated heterocycles. The van der Waals surface area contributed by atoms with E-state index in [-0.39, 0.29) is 17.4 Å². The van der Waals surface area contributed by atoms with Crippen molar-refractivity contribution in [3.63, 3.8) is 0 Å². The summed E-state index contributed by atoms with van der Waals surface area (Å²) in [5, 5.41) is 0. The molecule has 21 heavy (non-hydrogen) atoms. The van der Waals surface area contributed by atoms with Crippen molar-refractivity contribution in [2.45, 2.75) is 37.8 Å². The SMILES string of the molecule is NC(=O)c1cc(C(F)(F)F)ccc1[C@H]1CC[C@@H](C=O)CC1. The van der Waals surface area contributed by atoms with Gasteiger partial charge in [-0.05, 0) is 49.3 Å². The zero-order valence-electron chi connectivity index (χ0n) is 11.3. The third-order valence-electron chi connectivity index (χ3n) is 4.05. The molecule has 1 fully saturated rings. The maximum Gasteiger partial charge on any atom is 0.416 e. The van der Waals surface area contributed by atoms with Crippen LogP contribution in [0.2, 0.25) is 0 Å². The fourth-order valence-electron chi connectivity index (χ4n) is 2.87. The summed E-state index contributed by atoms with van der Waals surface area (Å²) < 4.78 is 38.1. The van der Waals surface area contributed by atoms with Crippen LogP contribution in [0.15, 0.2) is 18.2 Å². The number of hydrogen-bond acceptors (Lipinski definition) is 2. The van der Waals surface area contributed by atoms with Crippen molar-refractivity contribution in [2.24, 2.45) is 11.7 Å². The lowest BCUT2D eigenvalue weighted by Gasteiger charge is -2.27. The summed E-state index contributed by atoms with van der Waals surface area (Å²) in [6, 6.07) is 3.14. The zero-order valence-corrected chi connectivity index (χ0v) is 11.3. The number of carbonyl (C=O) groups excluding carboxylic acids is 2. The second-order valence-corrected chi connectivity index (χ2v) is 5.41. The topological polar surface area (TPSA) is 60.2 Å². The van der Waals surface area contributed by atoms with Gasteiger partial charge < -0.3 is 10.5 Å². The molecule has 1 amide bonds. The number of nitrogens with two attached hydrogens (primary N) is 1. The summed E-state index contributed by atoms with van der Waals surface area (Å²) >= 11 is 0. The van der Waals surface area contributed by atoms with Crippen molar-refractivity contribution in [2.75, 3.05) is 0 Å². The van der Waals surface area contributed by atoms with Gasteiger partial charge in [0.25, 0.3) is 0 Å². The Morgan fingerprint density at radius 3 is 2.29 bits per heavy atom. The number of carbonyl (C=O) groups is 2. The van der Waals surface area contributed by atoms with Crippen molar-refractivity contribution in [3.05, 3.63) is 34.9 Å². The van der Waals surface area contributed by atoms with Crippen LogP contribution in [0.3, 0.4) is 0 Å². The molecule has 0 radical (unpaired) electrons. The highest BCUT2D eigenvalue weighted by molar-refractivity contribution is 5.94. The molecule has 1 aliphatic rings. The number of hydrogen-bond donors (Lipinski definition) is 1. The van der Waals surface area contributed by atoms with E-state index in [1.165, 1.54) is 6.07 Å². The van der Waals surface area contributed by atoms with Crippen LogP contribution in [-0.4, -0.2) is 12.2 Å². The smallest absolute Gasteiger partial charge is 0.366 e. The number of primary amides is 1. The number of halogens is 3. The van der Waals surface area contributed by atoms with Gasteiger partial charge in [0.2, 0.25) is 5.91 Å². The molecule has 2 rings (SSSR count). The van der Waals surface area contributed by atoms with Crippen LogP contribution < -0.4 is 5.73 Å². The van der Waals surface area contributed by atoms with Crippen molar-refractivity contribution >= 4 is 12.2 Å². The minimum atomic E-state index is -4.50. The van der Waals surface area contributed by atoms with Crippen molar-refractivity contribution in [1.82, 2.24) is 0 Å². The van der Waals surface area contributed by atoms with Crippen molar-refractivity contribution in [1.29, 1.82) is 0 Å². The van der Waals surface area contributed by atoms with Gasteiger partial charge in [0.15, 0.2) is 0 Å². The monoisotopic (exact) mass is 299 g/mol. The molecule has 1 saturated carbocycles. The Bertz CT molecular complexity index is 546. The number of amides is 1. The van der Waals surface area contributed by atoms with E-state index in [1.54, 1.807) is 0 Å². The molecule has 1 aromatic carbocycles. The second-order valence-electron chi connectivity index (χ2n) is 5.41. The molecular formula is C15H16F3NO2. The Morgan fingerprint density at radius 1 is 1.19 bits per heavy atom. The molecule has 1 aliphatic carbocycles. The molecule has 0 bridgehead atoms. The Labute approximate surface area is 120 Å². The summed E-state index contributed by atoms with van der Waals surface area (Å²) in [6.45, 7) is 0. The van der Waals surface area contributed by atoms with Crippen LogP contribution >= 0.6 is 0 Å². The summed E-state index contributed by atoms with van der Waals surface area (Å²) in [5.41, 5.74) is 4.84.